The summed E-state index contributed by atoms with van der Waals surface area (Å²) >= 11 is 1.38. The molecule has 2 rings (SSSR count). The van der Waals surface area contributed by atoms with Crippen LogP contribution >= 0.6 is 11.3 Å². The molecule has 2 atom stereocenters. The Labute approximate surface area is 91.5 Å². The summed E-state index contributed by atoms with van der Waals surface area (Å²) in [5.41, 5.74) is -0.689. The van der Waals surface area contributed by atoms with E-state index in [4.69, 9.17) is 0 Å². The summed E-state index contributed by atoms with van der Waals surface area (Å²) < 4.78 is 0. The second-order valence-electron chi connectivity index (χ2n) is 3.86. The Bertz CT molecular complexity index is 354. The number of aliphatic hydroxyl groups excluding tert-OH is 1. The number of thiazole rings is 1. The predicted molar refractivity (Wildman–Crippen MR) is 57.8 cm³/mol. The highest BCUT2D eigenvalue weighted by atomic mass is 32.1. The number of nitrogens with one attached hydrogen (secondary N) is 2. The number of rotatable bonds is 2. The molecule has 0 spiro atoms. The largest absolute Gasteiger partial charge is 0.392 e. The smallest absolute Gasteiger partial charge is 0.246 e. The fourth-order valence-electron chi connectivity index (χ4n) is 1.65. The van der Waals surface area contributed by atoms with Crippen LogP contribution in [0.1, 0.15) is 13.3 Å². The monoisotopic (exact) mass is 227 g/mol. The van der Waals surface area contributed by atoms with E-state index < -0.39 is 11.6 Å². The van der Waals surface area contributed by atoms with Crippen LogP contribution in [0.2, 0.25) is 0 Å². The molecule has 1 amide bonds. The number of carbonyl (C=O) groups is 1. The fraction of sp³-hybridized carbons (Fsp3) is 0.556. The molecule has 6 heteroatoms. The van der Waals surface area contributed by atoms with Gasteiger partial charge in [-0.05, 0) is 6.92 Å². The van der Waals surface area contributed by atoms with Crippen LogP contribution in [-0.4, -0.2) is 34.2 Å². The molecule has 5 nitrogen and oxygen atoms in total. The maximum atomic E-state index is 11.9. The van der Waals surface area contributed by atoms with Gasteiger partial charge in [-0.25, -0.2) is 4.98 Å². The van der Waals surface area contributed by atoms with Crippen LogP contribution in [-0.2, 0) is 4.79 Å². The molecule has 1 aliphatic heterocycles. The molecule has 2 heterocycles. The van der Waals surface area contributed by atoms with Gasteiger partial charge in [0.25, 0.3) is 0 Å². The summed E-state index contributed by atoms with van der Waals surface area (Å²) in [6, 6.07) is 0. The van der Waals surface area contributed by atoms with E-state index in [0.717, 1.165) is 0 Å². The zero-order chi connectivity index (χ0) is 10.9. The van der Waals surface area contributed by atoms with Crippen molar-refractivity contribution in [2.24, 2.45) is 0 Å². The van der Waals surface area contributed by atoms with Gasteiger partial charge in [0.05, 0.1) is 11.6 Å². The first kappa shape index (κ1) is 10.5. The Morgan fingerprint density at radius 2 is 2.67 bits per heavy atom. The van der Waals surface area contributed by atoms with Gasteiger partial charge in [0.2, 0.25) is 5.91 Å². The molecule has 1 fully saturated rings. The highest BCUT2D eigenvalue weighted by Gasteiger charge is 2.40. The van der Waals surface area contributed by atoms with E-state index in [-0.39, 0.29) is 5.91 Å². The van der Waals surface area contributed by atoms with Crippen LogP contribution in [0.15, 0.2) is 11.6 Å². The second kappa shape index (κ2) is 3.88. The molecule has 82 valence electrons. The number of aliphatic hydroxyl groups is 1. The molecule has 1 saturated heterocycles. The SMILES string of the molecule is C[C@@]1(C(=O)Nc2nccs2)C[C@H](O)CN1. The second-order valence-corrected chi connectivity index (χ2v) is 4.76. The van der Waals surface area contributed by atoms with Crippen molar-refractivity contribution in [2.75, 3.05) is 11.9 Å². The number of β-amino-alcohol motifs (C(OH)–C–C–N with tert-alkyl or cyclic N) is 1. The molecule has 0 bridgehead atoms. The lowest BCUT2D eigenvalue weighted by Crippen LogP contribution is -2.47. The molecule has 3 N–H and O–H groups in total. The number of amides is 1. The zero-order valence-electron chi connectivity index (χ0n) is 8.36. The fourth-order valence-corrected chi connectivity index (χ4v) is 2.18. The van der Waals surface area contributed by atoms with Crippen molar-refractivity contribution in [3.8, 4) is 0 Å². The summed E-state index contributed by atoms with van der Waals surface area (Å²) in [6.45, 7) is 2.24. The van der Waals surface area contributed by atoms with Crippen LogP contribution in [0, 0.1) is 0 Å². The molecular formula is C9H13N3O2S. The number of hydrogen-bond donors (Lipinski definition) is 3. The summed E-state index contributed by atoms with van der Waals surface area (Å²) in [5, 5.41) is 17.5. The Morgan fingerprint density at radius 1 is 1.87 bits per heavy atom. The minimum atomic E-state index is -0.689. The minimum absolute atomic E-state index is 0.144. The maximum Gasteiger partial charge on any atom is 0.246 e. The molecular weight excluding hydrogens is 214 g/mol. The molecule has 0 aliphatic carbocycles. The Hall–Kier alpha value is -0.980. The van der Waals surface area contributed by atoms with E-state index in [1.54, 1.807) is 18.5 Å². The summed E-state index contributed by atoms with van der Waals surface area (Å²) in [7, 11) is 0. The average Bonchev–Trinajstić information content (AvgIpc) is 2.77. The van der Waals surface area contributed by atoms with Crippen LogP contribution < -0.4 is 10.6 Å². The van der Waals surface area contributed by atoms with Crippen LogP contribution in [0.5, 0.6) is 0 Å². The third-order valence-corrected chi connectivity index (χ3v) is 3.21. The van der Waals surface area contributed by atoms with Crippen molar-refractivity contribution in [1.82, 2.24) is 10.3 Å². The van der Waals surface area contributed by atoms with Gasteiger partial charge in [0, 0.05) is 24.5 Å². The molecule has 15 heavy (non-hydrogen) atoms. The highest BCUT2D eigenvalue weighted by molar-refractivity contribution is 7.13. The summed E-state index contributed by atoms with van der Waals surface area (Å²) in [4.78, 5) is 15.8. The van der Waals surface area contributed by atoms with Crippen LogP contribution in [0.25, 0.3) is 0 Å². The van der Waals surface area contributed by atoms with Crippen molar-refractivity contribution < 1.29 is 9.90 Å². The first-order valence-corrected chi connectivity index (χ1v) is 5.62. The molecule has 1 aliphatic rings. The van der Waals surface area contributed by atoms with Gasteiger partial charge < -0.3 is 15.7 Å². The van der Waals surface area contributed by atoms with E-state index in [2.05, 4.69) is 15.6 Å². The lowest BCUT2D eigenvalue weighted by Gasteiger charge is -2.21. The van der Waals surface area contributed by atoms with Gasteiger partial charge in [-0.1, -0.05) is 0 Å². The minimum Gasteiger partial charge on any atom is -0.392 e. The normalized spacial score (nSPS) is 30.4. The summed E-state index contributed by atoms with van der Waals surface area (Å²) in [5.74, 6) is -0.144. The maximum absolute atomic E-state index is 11.9. The predicted octanol–water partition coefficient (Wildman–Crippen LogP) is 0.195. The Kier molecular flexibility index (Phi) is 2.72. The number of hydrogen-bond acceptors (Lipinski definition) is 5. The van der Waals surface area contributed by atoms with E-state index in [1.807, 2.05) is 0 Å². The molecule has 0 saturated carbocycles. The van der Waals surface area contributed by atoms with E-state index >= 15 is 0 Å². The topological polar surface area (TPSA) is 74.2 Å². The highest BCUT2D eigenvalue weighted by Crippen LogP contribution is 2.21. The third kappa shape index (κ3) is 2.17. The van der Waals surface area contributed by atoms with Gasteiger partial charge in [0.1, 0.15) is 0 Å². The zero-order valence-corrected chi connectivity index (χ0v) is 9.17. The van der Waals surface area contributed by atoms with Gasteiger partial charge in [-0.15, -0.1) is 11.3 Å². The van der Waals surface area contributed by atoms with Crippen molar-refractivity contribution in [2.45, 2.75) is 25.0 Å². The quantitative estimate of drug-likeness (QED) is 0.674. The van der Waals surface area contributed by atoms with Crippen LogP contribution in [0.3, 0.4) is 0 Å². The van der Waals surface area contributed by atoms with Crippen LogP contribution in [0.4, 0.5) is 5.13 Å². The van der Waals surface area contributed by atoms with Gasteiger partial charge in [-0.3, -0.25) is 4.79 Å². The number of nitrogens with zero attached hydrogens (tertiary/aromatic N) is 1. The summed E-state index contributed by atoms with van der Waals surface area (Å²) in [6.07, 6.45) is 1.63. The molecule has 1 aromatic heterocycles. The van der Waals surface area contributed by atoms with Gasteiger partial charge >= 0.3 is 0 Å². The van der Waals surface area contributed by atoms with Crippen molar-refractivity contribution >= 4 is 22.4 Å². The number of carbonyl (C=O) groups excluding carboxylic acids is 1. The number of anilines is 1. The number of aromatic nitrogens is 1. The molecule has 0 aromatic carbocycles. The standard InChI is InChI=1S/C9H13N3O2S/c1-9(4-6(13)5-11-9)7(14)12-8-10-2-3-15-8/h2-3,6,11,13H,4-5H2,1H3,(H,10,12,14)/t6-,9-/m0/s1. The third-order valence-electron chi connectivity index (χ3n) is 2.53. The molecule has 0 unspecified atom stereocenters. The van der Waals surface area contributed by atoms with Crippen molar-refractivity contribution in [3.05, 3.63) is 11.6 Å². The van der Waals surface area contributed by atoms with Crippen molar-refractivity contribution in [1.29, 1.82) is 0 Å². The van der Waals surface area contributed by atoms with Gasteiger partial charge in [0.15, 0.2) is 5.13 Å². The molecule has 0 radical (unpaired) electrons. The lowest BCUT2D eigenvalue weighted by atomic mass is 9.98. The first-order chi connectivity index (χ1) is 7.10. The first-order valence-electron chi connectivity index (χ1n) is 4.74. The van der Waals surface area contributed by atoms with E-state index in [1.165, 1.54) is 11.3 Å². The average molecular weight is 227 g/mol. The van der Waals surface area contributed by atoms with Gasteiger partial charge in [-0.2, -0.15) is 0 Å². The lowest BCUT2D eigenvalue weighted by molar-refractivity contribution is -0.121. The Balaban J connectivity index is 2.02. The van der Waals surface area contributed by atoms with E-state index in [0.29, 0.717) is 18.1 Å². The molecule has 1 aromatic rings. The Morgan fingerprint density at radius 3 is 3.20 bits per heavy atom. The van der Waals surface area contributed by atoms with E-state index in [9.17, 15) is 9.90 Å². The van der Waals surface area contributed by atoms with Crippen molar-refractivity contribution in [3.63, 3.8) is 0 Å².